The van der Waals surface area contributed by atoms with Crippen LogP contribution in [0.15, 0.2) is 0 Å². The Morgan fingerprint density at radius 3 is 2.20 bits per heavy atom. The van der Waals surface area contributed by atoms with Crippen molar-refractivity contribution in [3.63, 3.8) is 0 Å². The Labute approximate surface area is 147 Å². The Morgan fingerprint density at radius 2 is 1.64 bits per heavy atom. The summed E-state index contributed by atoms with van der Waals surface area (Å²) < 4.78 is 9.67. The van der Waals surface area contributed by atoms with Crippen LogP contribution in [0.4, 0.5) is 0 Å². The van der Waals surface area contributed by atoms with Gasteiger partial charge in [-0.15, -0.1) is 0 Å². The van der Waals surface area contributed by atoms with Crippen LogP contribution in [-0.4, -0.2) is 54.5 Å². The summed E-state index contributed by atoms with van der Waals surface area (Å²) in [4.78, 5) is 49.0. The molecule has 1 atom stereocenters. The van der Waals surface area contributed by atoms with E-state index in [1.165, 1.54) is 0 Å². The Bertz CT molecular complexity index is 555. The monoisotopic (exact) mass is 354 g/mol. The maximum Gasteiger partial charge on any atom is 0.325 e. The van der Waals surface area contributed by atoms with Gasteiger partial charge in [-0.1, -0.05) is 19.3 Å². The van der Waals surface area contributed by atoms with Gasteiger partial charge in [0.05, 0.1) is 25.2 Å². The zero-order chi connectivity index (χ0) is 18.5. The van der Waals surface area contributed by atoms with Crippen molar-refractivity contribution in [1.82, 2.24) is 10.6 Å². The highest BCUT2D eigenvalue weighted by atomic mass is 16.5. The first-order chi connectivity index (χ1) is 11.9. The zero-order valence-electron chi connectivity index (χ0n) is 14.8. The lowest BCUT2D eigenvalue weighted by atomic mass is 9.62. The van der Waals surface area contributed by atoms with Gasteiger partial charge in [0, 0.05) is 0 Å². The minimum absolute atomic E-state index is 0.165. The van der Waals surface area contributed by atoms with E-state index in [-0.39, 0.29) is 32.0 Å². The van der Waals surface area contributed by atoms with E-state index in [4.69, 9.17) is 9.47 Å². The second-order valence-electron chi connectivity index (χ2n) is 6.47. The van der Waals surface area contributed by atoms with Gasteiger partial charge in [-0.25, -0.2) is 0 Å². The van der Waals surface area contributed by atoms with Crippen molar-refractivity contribution in [2.75, 3.05) is 19.8 Å². The number of ketones is 1. The number of Topliss-reactive ketones (excluding diaryl/α,β-unsaturated/α-hetero) is 1. The number of nitrogens with one attached hydrogen (secondary N) is 2. The number of esters is 2. The summed E-state index contributed by atoms with van der Waals surface area (Å²) in [5.41, 5.74) is -2.39. The van der Waals surface area contributed by atoms with Crippen molar-refractivity contribution >= 4 is 23.6 Å². The molecule has 0 aromatic rings. The van der Waals surface area contributed by atoms with Gasteiger partial charge >= 0.3 is 11.9 Å². The molecule has 8 heteroatoms. The van der Waals surface area contributed by atoms with E-state index in [0.717, 1.165) is 19.3 Å². The lowest BCUT2D eigenvalue weighted by Crippen LogP contribution is -2.85. The molecule has 25 heavy (non-hydrogen) atoms. The van der Waals surface area contributed by atoms with Crippen molar-refractivity contribution < 1.29 is 28.7 Å². The molecule has 1 heterocycles. The fraction of sp³-hybridized carbons (Fsp3) is 0.765. The summed E-state index contributed by atoms with van der Waals surface area (Å²) in [5, 5.41) is 5.49. The first-order valence-electron chi connectivity index (χ1n) is 8.84. The SMILES string of the molecule is CCOC(=O)CNC(=O)C1(CC(=O)OCC)NC2(CCCCC2)C1=O. The van der Waals surface area contributed by atoms with E-state index in [1.807, 2.05) is 0 Å². The molecule has 1 aliphatic heterocycles. The maximum absolute atomic E-state index is 13.0. The number of carbonyl (C=O) groups excluding carboxylic acids is 4. The smallest absolute Gasteiger partial charge is 0.325 e. The van der Waals surface area contributed by atoms with E-state index < -0.39 is 28.9 Å². The Morgan fingerprint density at radius 1 is 1.04 bits per heavy atom. The lowest BCUT2D eigenvalue weighted by Gasteiger charge is -2.55. The number of hydrogen-bond donors (Lipinski definition) is 2. The van der Waals surface area contributed by atoms with Gasteiger partial charge in [0.1, 0.15) is 6.54 Å². The van der Waals surface area contributed by atoms with Gasteiger partial charge in [0.15, 0.2) is 11.3 Å². The van der Waals surface area contributed by atoms with Crippen LogP contribution < -0.4 is 10.6 Å². The normalized spacial score (nSPS) is 24.3. The second kappa shape index (κ2) is 7.95. The zero-order valence-corrected chi connectivity index (χ0v) is 14.8. The number of rotatable bonds is 7. The Kier molecular flexibility index (Phi) is 6.16. The molecule has 0 aromatic heterocycles. The van der Waals surface area contributed by atoms with Crippen molar-refractivity contribution in [1.29, 1.82) is 0 Å². The quantitative estimate of drug-likeness (QED) is 0.497. The summed E-state index contributed by atoms with van der Waals surface area (Å²) in [7, 11) is 0. The van der Waals surface area contributed by atoms with E-state index >= 15 is 0 Å². The number of amides is 1. The first kappa shape index (κ1) is 19.4. The predicted molar refractivity (Wildman–Crippen MR) is 87.6 cm³/mol. The van der Waals surface area contributed by atoms with E-state index in [1.54, 1.807) is 13.8 Å². The van der Waals surface area contributed by atoms with Gasteiger partial charge in [-0.3, -0.25) is 24.5 Å². The topological polar surface area (TPSA) is 111 Å². The van der Waals surface area contributed by atoms with Crippen LogP contribution in [0.3, 0.4) is 0 Å². The van der Waals surface area contributed by atoms with E-state index in [2.05, 4.69) is 10.6 Å². The third-order valence-corrected chi connectivity index (χ3v) is 4.78. The molecule has 1 saturated carbocycles. The summed E-state index contributed by atoms with van der Waals surface area (Å²) in [5.74, 6) is -2.19. The molecule has 140 valence electrons. The fourth-order valence-corrected chi connectivity index (χ4v) is 3.68. The molecule has 2 aliphatic rings. The van der Waals surface area contributed by atoms with Gasteiger partial charge in [0.2, 0.25) is 5.91 Å². The molecular weight excluding hydrogens is 328 g/mol. The number of ether oxygens (including phenoxy) is 2. The van der Waals surface area contributed by atoms with Crippen molar-refractivity contribution in [3.05, 3.63) is 0 Å². The van der Waals surface area contributed by atoms with E-state index in [9.17, 15) is 19.2 Å². The molecular formula is C17H26N2O6. The molecule has 0 aromatic carbocycles. The molecule has 2 fully saturated rings. The maximum atomic E-state index is 13.0. The van der Waals surface area contributed by atoms with Crippen LogP contribution in [-0.2, 0) is 28.7 Å². The molecule has 1 aliphatic carbocycles. The number of hydrogen-bond acceptors (Lipinski definition) is 7. The molecule has 2 N–H and O–H groups in total. The molecule has 0 bridgehead atoms. The molecule has 1 amide bonds. The molecule has 1 saturated heterocycles. The van der Waals surface area contributed by atoms with Crippen LogP contribution in [0, 0.1) is 0 Å². The van der Waals surface area contributed by atoms with Crippen LogP contribution in [0.25, 0.3) is 0 Å². The third kappa shape index (κ3) is 3.84. The van der Waals surface area contributed by atoms with Crippen molar-refractivity contribution in [2.24, 2.45) is 0 Å². The Balaban J connectivity index is 2.11. The van der Waals surface area contributed by atoms with Crippen LogP contribution in [0.1, 0.15) is 52.4 Å². The van der Waals surface area contributed by atoms with Gasteiger partial charge < -0.3 is 14.8 Å². The molecule has 8 nitrogen and oxygen atoms in total. The molecule has 1 unspecified atom stereocenters. The van der Waals surface area contributed by atoms with Gasteiger partial charge in [0.25, 0.3) is 0 Å². The molecule has 2 rings (SSSR count). The minimum Gasteiger partial charge on any atom is -0.466 e. The standard InChI is InChI=1S/C17H26N2O6/c1-3-24-12(20)10-17(15(23)18-11-13(21)25-4-2)14(22)16(19-17)8-6-5-7-9-16/h19H,3-11H2,1-2H3,(H,18,23). The fourth-order valence-electron chi connectivity index (χ4n) is 3.68. The third-order valence-electron chi connectivity index (χ3n) is 4.78. The van der Waals surface area contributed by atoms with Crippen LogP contribution >= 0.6 is 0 Å². The number of carbonyl (C=O) groups is 4. The predicted octanol–water partition coefficient (Wildman–Crippen LogP) is 0.233. The largest absolute Gasteiger partial charge is 0.466 e. The minimum atomic E-state index is -1.66. The molecule has 0 radical (unpaired) electrons. The van der Waals surface area contributed by atoms with Crippen molar-refractivity contribution in [3.8, 4) is 0 Å². The summed E-state index contributed by atoms with van der Waals surface area (Å²) in [6.45, 7) is 3.33. The molecule has 1 spiro atoms. The van der Waals surface area contributed by atoms with E-state index in [0.29, 0.717) is 12.8 Å². The average molecular weight is 354 g/mol. The Hall–Kier alpha value is -1.96. The average Bonchev–Trinajstić information content (AvgIpc) is 2.60. The lowest BCUT2D eigenvalue weighted by molar-refractivity contribution is -0.165. The summed E-state index contributed by atoms with van der Waals surface area (Å²) in [6.07, 6.45) is 3.78. The second-order valence-corrected chi connectivity index (χ2v) is 6.47. The summed E-state index contributed by atoms with van der Waals surface area (Å²) in [6, 6.07) is 0. The highest BCUT2D eigenvalue weighted by molar-refractivity contribution is 6.21. The first-order valence-corrected chi connectivity index (χ1v) is 8.84. The summed E-state index contributed by atoms with van der Waals surface area (Å²) >= 11 is 0. The van der Waals surface area contributed by atoms with Gasteiger partial charge in [-0.05, 0) is 26.7 Å². The van der Waals surface area contributed by atoms with Crippen LogP contribution in [0.2, 0.25) is 0 Å². The highest BCUT2D eigenvalue weighted by Gasteiger charge is 2.67. The van der Waals surface area contributed by atoms with Crippen molar-refractivity contribution in [2.45, 2.75) is 63.5 Å². The van der Waals surface area contributed by atoms with Gasteiger partial charge in [-0.2, -0.15) is 0 Å². The van der Waals surface area contributed by atoms with Crippen LogP contribution in [0.5, 0.6) is 0 Å². The highest BCUT2D eigenvalue weighted by Crippen LogP contribution is 2.42.